The van der Waals surface area contributed by atoms with Crippen molar-refractivity contribution in [1.82, 2.24) is 4.90 Å². The van der Waals surface area contributed by atoms with Gasteiger partial charge in [-0.25, -0.2) is 4.39 Å². The molecule has 0 spiro atoms. The summed E-state index contributed by atoms with van der Waals surface area (Å²) in [6, 6.07) is 3.49. The van der Waals surface area contributed by atoms with Crippen molar-refractivity contribution in [1.29, 1.82) is 0 Å². The molecule has 94 valence electrons. The van der Waals surface area contributed by atoms with Gasteiger partial charge in [0.25, 0.3) is 5.91 Å². The minimum Gasteiger partial charge on any atom is -0.507 e. The van der Waals surface area contributed by atoms with E-state index in [0.29, 0.717) is 0 Å². The highest BCUT2D eigenvalue weighted by molar-refractivity contribution is 5.96. The van der Waals surface area contributed by atoms with E-state index < -0.39 is 5.82 Å². The quantitative estimate of drug-likeness (QED) is 0.877. The first-order valence-corrected chi connectivity index (χ1v) is 5.76. The first-order chi connectivity index (χ1) is 8.01. The molecule has 0 fully saturated rings. The first kappa shape index (κ1) is 13.5. The monoisotopic (exact) mass is 239 g/mol. The Morgan fingerprint density at radius 3 is 2.53 bits per heavy atom. The van der Waals surface area contributed by atoms with Gasteiger partial charge in [-0.1, -0.05) is 13.8 Å². The lowest BCUT2D eigenvalue weighted by Crippen LogP contribution is -2.36. The third-order valence-corrected chi connectivity index (χ3v) is 3.00. The van der Waals surface area contributed by atoms with Gasteiger partial charge < -0.3 is 10.0 Å². The van der Waals surface area contributed by atoms with Crippen LogP contribution in [0.1, 0.15) is 37.0 Å². The van der Waals surface area contributed by atoms with Crippen molar-refractivity contribution in [2.24, 2.45) is 0 Å². The number of carbonyl (C=O) groups is 1. The van der Waals surface area contributed by atoms with Crippen LogP contribution in [0.4, 0.5) is 4.39 Å². The smallest absolute Gasteiger partial charge is 0.257 e. The molecule has 0 saturated heterocycles. The molecule has 1 N–H and O–H groups in total. The van der Waals surface area contributed by atoms with Gasteiger partial charge in [-0.2, -0.15) is 0 Å². The highest BCUT2D eigenvalue weighted by Gasteiger charge is 2.21. The van der Waals surface area contributed by atoms with Gasteiger partial charge in [-0.15, -0.1) is 0 Å². The molecule has 1 amide bonds. The SMILES string of the molecule is CCC(CC)N(C)C(=O)c1cc(F)ccc1O. The first-order valence-electron chi connectivity index (χ1n) is 5.76. The zero-order valence-corrected chi connectivity index (χ0v) is 10.4. The van der Waals surface area contributed by atoms with E-state index in [1.807, 2.05) is 13.8 Å². The maximum Gasteiger partial charge on any atom is 0.257 e. The molecular formula is C13H18FNO2. The number of phenolic OH excluding ortho intramolecular Hbond substituents is 1. The molecule has 0 aliphatic carbocycles. The van der Waals surface area contributed by atoms with Crippen LogP contribution in [0.2, 0.25) is 0 Å². The molecule has 0 radical (unpaired) electrons. The number of nitrogens with zero attached hydrogens (tertiary/aromatic N) is 1. The Balaban J connectivity index is 2.99. The highest BCUT2D eigenvalue weighted by Crippen LogP contribution is 2.21. The number of amides is 1. The summed E-state index contributed by atoms with van der Waals surface area (Å²) in [6.45, 7) is 3.98. The summed E-state index contributed by atoms with van der Waals surface area (Å²) in [5.74, 6) is -1.06. The van der Waals surface area contributed by atoms with E-state index in [-0.39, 0.29) is 23.3 Å². The summed E-state index contributed by atoms with van der Waals surface area (Å²) in [7, 11) is 1.67. The van der Waals surface area contributed by atoms with Crippen LogP contribution in [0.5, 0.6) is 5.75 Å². The Kier molecular flexibility index (Phi) is 4.49. The molecule has 17 heavy (non-hydrogen) atoms. The highest BCUT2D eigenvalue weighted by atomic mass is 19.1. The number of benzene rings is 1. The molecular weight excluding hydrogens is 221 g/mol. The number of halogens is 1. The predicted molar refractivity (Wildman–Crippen MR) is 64.5 cm³/mol. The van der Waals surface area contributed by atoms with Gasteiger partial charge in [0.15, 0.2) is 0 Å². The van der Waals surface area contributed by atoms with Crippen LogP contribution < -0.4 is 0 Å². The molecule has 0 atom stereocenters. The summed E-state index contributed by atoms with van der Waals surface area (Å²) in [5.41, 5.74) is 0.0133. The molecule has 1 aromatic carbocycles. The zero-order valence-electron chi connectivity index (χ0n) is 10.4. The van der Waals surface area contributed by atoms with E-state index in [0.717, 1.165) is 25.0 Å². The second-order valence-corrected chi connectivity index (χ2v) is 4.05. The van der Waals surface area contributed by atoms with Crippen LogP contribution in [-0.2, 0) is 0 Å². The van der Waals surface area contributed by atoms with Gasteiger partial charge >= 0.3 is 0 Å². The normalized spacial score (nSPS) is 10.6. The van der Waals surface area contributed by atoms with Gasteiger partial charge in [0, 0.05) is 13.1 Å². The molecule has 0 aromatic heterocycles. The maximum absolute atomic E-state index is 13.1. The Morgan fingerprint density at radius 2 is 2.00 bits per heavy atom. The lowest BCUT2D eigenvalue weighted by atomic mass is 10.1. The Hall–Kier alpha value is -1.58. The Morgan fingerprint density at radius 1 is 1.41 bits per heavy atom. The summed E-state index contributed by atoms with van der Waals surface area (Å²) >= 11 is 0. The number of carbonyl (C=O) groups excluding carboxylic acids is 1. The van der Waals surface area contributed by atoms with E-state index in [1.54, 1.807) is 11.9 Å². The van der Waals surface area contributed by atoms with Crippen molar-refractivity contribution < 1.29 is 14.3 Å². The summed E-state index contributed by atoms with van der Waals surface area (Å²) < 4.78 is 13.1. The topological polar surface area (TPSA) is 40.5 Å². The van der Waals surface area contributed by atoms with Crippen molar-refractivity contribution in [3.8, 4) is 5.75 Å². The third kappa shape index (κ3) is 2.96. The molecule has 0 aliphatic rings. The Labute approximate surface area is 101 Å². The summed E-state index contributed by atoms with van der Waals surface area (Å²) in [5, 5.41) is 9.57. The van der Waals surface area contributed by atoms with Crippen LogP contribution in [-0.4, -0.2) is 29.0 Å². The average Bonchev–Trinajstić information content (AvgIpc) is 2.32. The fourth-order valence-corrected chi connectivity index (χ4v) is 1.87. The van der Waals surface area contributed by atoms with Crippen molar-refractivity contribution in [2.75, 3.05) is 7.05 Å². The van der Waals surface area contributed by atoms with E-state index in [9.17, 15) is 14.3 Å². The molecule has 3 nitrogen and oxygen atoms in total. The van der Waals surface area contributed by atoms with Crippen LogP contribution in [0.25, 0.3) is 0 Å². The standard InChI is InChI=1S/C13H18FNO2/c1-4-10(5-2)15(3)13(17)11-8-9(14)6-7-12(11)16/h6-8,10,16H,4-5H2,1-3H3. The van der Waals surface area contributed by atoms with Crippen molar-refractivity contribution >= 4 is 5.91 Å². The number of hydrogen-bond acceptors (Lipinski definition) is 2. The van der Waals surface area contributed by atoms with Gasteiger partial charge in [0.2, 0.25) is 0 Å². The maximum atomic E-state index is 13.1. The molecule has 4 heteroatoms. The predicted octanol–water partition coefficient (Wildman–Crippen LogP) is 2.79. The molecule has 0 unspecified atom stereocenters. The minimum absolute atomic E-state index is 0.0133. The van der Waals surface area contributed by atoms with Crippen LogP contribution in [0, 0.1) is 5.82 Å². The van der Waals surface area contributed by atoms with Crippen molar-refractivity contribution in [3.05, 3.63) is 29.6 Å². The number of aromatic hydroxyl groups is 1. The molecule has 0 heterocycles. The summed E-state index contributed by atoms with van der Waals surface area (Å²) in [4.78, 5) is 13.6. The molecule has 0 bridgehead atoms. The summed E-state index contributed by atoms with van der Waals surface area (Å²) in [6.07, 6.45) is 1.66. The largest absolute Gasteiger partial charge is 0.507 e. The van der Waals surface area contributed by atoms with Gasteiger partial charge in [0.05, 0.1) is 5.56 Å². The van der Waals surface area contributed by atoms with E-state index >= 15 is 0 Å². The van der Waals surface area contributed by atoms with Crippen molar-refractivity contribution in [3.63, 3.8) is 0 Å². The van der Waals surface area contributed by atoms with Gasteiger partial charge in [0.1, 0.15) is 11.6 Å². The Bertz CT molecular complexity index is 402. The molecule has 0 saturated carbocycles. The van der Waals surface area contributed by atoms with Crippen molar-refractivity contribution in [2.45, 2.75) is 32.7 Å². The average molecular weight is 239 g/mol. The van der Waals surface area contributed by atoms with Crippen LogP contribution >= 0.6 is 0 Å². The van der Waals surface area contributed by atoms with E-state index in [1.165, 1.54) is 6.07 Å². The van der Waals surface area contributed by atoms with Gasteiger partial charge in [-0.3, -0.25) is 4.79 Å². The second kappa shape index (κ2) is 5.66. The van der Waals surface area contributed by atoms with Crippen LogP contribution in [0.3, 0.4) is 0 Å². The van der Waals surface area contributed by atoms with E-state index in [2.05, 4.69) is 0 Å². The lowest BCUT2D eigenvalue weighted by Gasteiger charge is -2.26. The van der Waals surface area contributed by atoms with Gasteiger partial charge in [-0.05, 0) is 31.0 Å². The van der Waals surface area contributed by atoms with E-state index in [4.69, 9.17) is 0 Å². The van der Waals surface area contributed by atoms with Crippen LogP contribution in [0.15, 0.2) is 18.2 Å². The molecule has 0 aliphatic heterocycles. The fourth-order valence-electron chi connectivity index (χ4n) is 1.87. The number of phenols is 1. The third-order valence-electron chi connectivity index (χ3n) is 3.00. The number of rotatable bonds is 4. The molecule has 1 rings (SSSR count). The lowest BCUT2D eigenvalue weighted by molar-refractivity contribution is 0.0720. The minimum atomic E-state index is -0.524. The zero-order chi connectivity index (χ0) is 13.0. The second-order valence-electron chi connectivity index (χ2n) is 4.05. The number of hydrogen-bond donors (Lipinski definition) is 1. The molecule has 1 aromatic rings. The fraction of sp³-hybridized carbons (Fsp3) is 0.462.